The Morgan fingerprint density at radius 3 is 2.60 bits per heavy atom. The number of nitrogens with one attached hydrogen (secondary N) is 2. The number of aliphatic carboxylic acids is 1. The molecule has 4 N–H and O–H groups in total. The summed E-state index contributed by atoms with van der Waals surface area (Å²) in [5.41, 5.74) is 0. The van der Waals surface area contributed by atoms with Crippen LogP contribution in [0.4, 0.5) is 4.79 Å². The number of carbonyl (C=O) groups is 2. The molecular formula is C9H14N2O4. The van der Waals surface area contributed by atoms with E-state index >= 15 is 0 Å². The van der Waals surface area contributed by atoms with Gasteiger partial charge in [0.25, 0.3) is 0 Å². The molecule has 0 aliphatic rings. The van der Waals surface area contributed by atoms with Crippen LogP contribution in [0.1, 0.15) is 13.3 Å². The molecule has 0 rings (SSSR count). The van der Waals surface area contributed by atoms with Crippen LogP contribution in [0.5, 0.6) is 0 Å². The molecule has 0 saturated heterocycles. The van der Waals surface area contributed by atoms with Crippen LogP contribution < -0.4 is 10.6 Å². The SMILES string of the molecule is CC#CCCNC(=O)NC[C@H](O)C(=O)O. The van der Waals surface area contributed by atoms with E-state index in [1.165, 1.54) is 0 Å². The van der Waals surface area contributed by atoms with Crippen LogP contribution in [0.3, 0.4) is 0 Å². The molecular weight excluding hydrogens is 200 g/mol. The summed E-state index contributed by atoms with van der Waals surface area (Å²) in [5, 5.41) is 21.8. The van der Waals surface area contributed by atoms with Gasteiger partial charge in [-0.15, -0.1) is 11.8 Å². The van der Waals surface area contributed by atoms with Crippen LogP contribution in [-0.2, 0) is 4.79 Å². The summed E-state index contributed by atoms with van der Waals surface area (Å²) in [5.74, 6) is 4.05. The molecule has 0 aromatic rings. The third-order valence-electron chi connectivity index (χ3n) is 1.45. The molecule has 0 spiro atoms. The number of amides is 2. The van der Waals surface area contributed by atoms with Gasteiger partial charge in [-0.2, -0.15) is 0 Å². The predicted molar refractivity (Wildman–Crippen MR) is 53.1 cm³/mol. The number of carbonyl (C=O) groups excluding carboxylic acids is 1. The van der Waals surface area contributed by atoms with Crippen LogP contribution in [0.15, 0.2) is 0 Å². The van der Waals surface area contributed by atoms with Gasteiger partial charge in [-0.3, -0.25) is 0 Å². The zero-order chi connectivity index (χ0) is 11.7. The van der Waals surface area contributed by atoms with Crippen molar-refractivity contribution in [1.82, 2.24) is 10.6 Å². The molecule has 0 saturated carbocycles. The first-order valence-electron chi connectivity index (χ1n) is 4.40. The fourth-order valence-corrected chi connectivity index (χ4v) is 0.703. The third-order valence-corrected chi connectivity index (χ3v) is 1.45. The van der Waals surface area contributed by atoms with Gasteiger partial charge in [0.1, 0.15) is 0 Å². The van der Waals surface area contributed by atoms with Crippen molar-refractivity contribution < 1.29 is 19.8 Å². The molecule has 1 atom stereocenters. The lowest BCUT2D eigenvalue weighted by Crippen LogP contribution is -2.42. The highest BCUT2D eigenvalue weighted by molar-refractivity contribution is 5.76. The average molecular weight is 214 g/mol. The monoisotopic (exact) mass is 214 g/mol. The Kier molecular flexibility index (Phi) is 6.76. The zero-order valence-corrected chi connectivity index (χ0v) is 8.41. The van der Waals surface area contributed by atoms with Gasteiger partial charge in [-0.05, 0) is 6.92 Å². The number of aliphatic hydroxyl groups excluding tert-OH is 1. The lowest BCUT2D eigenvalue weighted by Gasteiger charge is -2.08. The lowest BCUT2D eigenvalue weighted by molar-refractivity contribution is -0.146. The molecule has 0 aliphatic heterocycles. The molecule has 6 nitrogen and oxygen atoms in total. The van der Waals surface area contributed by atoms with E-state index < -0.39 is 18.1 Å². The second kappa shape index (κ2) is 7.64. The Hall–Kier alpha value is -1.74. The van der Waals surface area contributed by atoms with Crippen LogP contribution >= 0.6 is 0 Å². The average Bonchev–Trinajstić information content (AvgIpc) is 2.20. The summed E-state index contributed by atoms with van der Waals surface area (Å²) in [4.78, 5) is 21.1. The van der Waals surface area contributed by atoms with Crippen molar-refractivity contribution in [2.75, 3.05) is 13.1 Å². The predicted octanol–water partition coefficient (Wildman–Crippen LogP) is -0.855. The van der Waals surface area contributed by atoms with E-state index in [0.717, 1.165) is 0 Å². The fourth-order valence-electron chi connectivity index (χ4n) is 0.703. The van der Waals surface area contributed by atoms with Gasteiger partial charge in [-0.1, -0.05) is 0 Å². The topological polar surface area (TPSA) is 98.7 Å². The molecule has 84 valence electrons. The van der Waals surface area contributed by atoms with Crippen LogP contribution in [0.25, 0.3) is 0 Å². The van der Waals surface area contributed by atoms with Crippen molar-refractivity contribution in [2.45, 2.75) is 19.4 Å². The number of rotatable bonds is 5. The minimum absolute atomic E-state index is 0.319. The summed E-state index contributed by atoms with van der Waals surface area (Å²) in [6, 6.07) is -0.520. The molecule has 6 heteroatoms. The van der Waals surface area contributed by atoms with Crippen molar-refractivity contribution in [3.63, 3.8) is 0 Å². The number of carboxylic acid groups (broad SMARTS) is 1. The Morgan fingerprint density at radius 2 is 2.07 bits per heavy atom. The zero-order valence-electron chi connectivity index (χ0n) is 8.41. The summed E-state index contributed by atoms with van der Waals surface area (Å²) in [6.07, 6.45) is -1.04. The molecule has 0 heterocycles. The molecule has 0 aromatic carbocycles. The smallest absolute Gasteiger partial charge is 0.334 e. The maximum atomic E-state index is 11.0. The molecule has 0 unspecified atom stereocenters. The summed E-state index contributed by atoms with van der Waals surface area (Å²) in [7, 11) is 0. The third kappa shape index (κ3) is 7.34. The van der Waals surface area contributed by atoms with Crippen molar-refractivity contribution in [3.05, 3.63) is 0 Å². The summed E-state index contributed by atoms with van der Waals surface area (Å²) < 4.78 is 0. The lowest BCUT2D eigenvalue weighted by atomic mass is 10.3. The normalized spacial score (nSPS) is 10.8. The standard InChI is InChI=1S/C9H14N2O4/c1-2-3-4-5-10-9(15)11-6-7(12)8(13)14/h7,12H,4-6H2,1H3,(H,13,14)(H2,10,11,15)/t7-/m0/s1. The van der Waals surface area contributed by atoms with Gasteiger partial charge < -0.3 is 20.8 Å². The molecule has 0 aliphatic carbocycles. The Bertz CT molecular complexity index is 280. The van der Waals surface area contributed by atoms with E-state index in [-0.39, 0.29) is 6.54 Å². The van der Waals surface area contributed by atoms with E-state index in [2.05, 4.69) is 22.5 Å². The first-order valence-corrected chi connectivity index (χ1v) is 4.40. The number of hydrogen-bond donors (Lipinski definition) is 4. The van der Waals surface area contributed by atoms with Crippen LogP contribution in [0.2, 0.25) is 0 Å². The highest BCUT2D eigenvalue weighted by Crippen LogP contribution is 1.80. The molecule has 0 radical (unpaired) electrons. The van der Waals surface area contributed by atoms with E-state index in [9.17, 15) is 9.59 Å². The van der Waals surface area contributed by atoms with E-state index in [4.69, 9.17) is 10.2 Å². The van der Waals surface area contributed by atoms with Gasteiger partial charge in [0.2, 0.25) is 0 Å². The van der Waals surface area contributed by atoms with Gasteiger partial charge in [0.05, 0.1) is 6.54 Å². The summed E-state index contributed by atoms with van der Waals surface area (Å²) in [6.45, 7) is 1.76. The minimum atomic E-state index is -1.58. The van der Waals surface area contributed by atoms with Crippen molar-refractivity contribution in [2.24, 2.45) is 0 Å². The van der Waals surface area contributed by atoms with Crippen molar-refractivity contribution in [1.29, 1.82) is 0 Å². The van der Waals surface area contributed by atoms with E-state index in [1.54, 1.807) is 6.92 Å². The largest absolute Gasteiger partial charge is 0.479 e. The molecule has 0 fully saturated rings. The second-order valence-electron chi connectivity index (χ2n) is 2.67. The van der Waals surface area contributed by atoms with Gasteiger partial charge in [-0.25, -0.2) is 9.59 Å². The number of carboxylic acids is 1. The Morgan fingerprint density at radius 1 is 1.40 bits per heavy atom. The maximum absolute atomic E-state index is 11.0. The molecule has 15 heavy (non-hydrogen) atoms. The van der Waals surface area contributed by atoms with E-state index in [0.29, 0.717) is 13.0 Å². The molecule has 0 bridgehead atoms. The highest BCUT2D eigenvalue weighted by Gasteiger charge is 2.13. The fraction of sp³-hybridized carbons (Fsp3) is 0.556. The van der Waals surface area contributed by atoms with E-state index in [1.807, 2.05) is 0 Å². The van der Waals surface area contributed by atoms with Gasteiger partial charge >= 0.3 is 12.0 Å². The summed E-state index contributed by atoms with van der Waals surface area (Å²) >= 11 is 0. The van der Waals surface area contributed by atoms with Gasteiger partial charge in [0.15, 0.2) is 6.10 Å². The maximum Gasteiger partial charge on any atom is 0.334 e. The minimum Gasteiger partial charge on any atom is -0.479 e. The number of hydrogen-bond acceptors (Lipinski definition) is 3. The molecule has 2 amide bonds. The first kappa shape index (κ1) is 13.3. The second-order valence-corrected chi connectivity index (χ2v) is 2.67. The Labute approximate surface area is 87.7 Å². The Balaban J connectivity index is 3.56. The number of urea groups is 1. The first-order chi connectivity index (χ1) is 7.07. The quantitative estimate of drug-likeness (QED) is 0.353. The number of aliphatic hydroxyl groups is 1. The highest BCUT2D eigenvalue weighted by atomic mass is 16.4. The molecule has 0 aromatic heterocycles. The van der Waals surface area contributed by atoms with Gasteiger partial charge in [0, 0.05) is 13.0 Å². The van der Waals surface area contributed by atoms with Crippen LogP contribution in [-0.4, -0.2) is 41.4 Å². The van der Waals surface area contributed by atoms with Crippen molar-refractivity contribution in [3.8, 4) is 11.8 Å². The van der Waals surface area contributed by atoms with Crippen LogP contribution in [0, 0.1) is 11.8 Å². The van der Waals surface area contributed by atoms with Crippen molar-refractivity contribution >= 4 is 12.0 Å².